The number of aryl methyl sites for hydroxylation is 1. The van der Waals surface area contributed by atoms with Gasteiger partial charge < -0.3 is 14.8 Å². The summed E-state index contributed by atoms with van der Waals surface area (Å²) < 4.78 is 0. The van der Waals surface area contributed by atoms with Crippen LogP contribution in [0.5, 0.6) is 0 Å². The van der Waals surface area contributed by atoms with Gasteiger partial charge in [0.05, 0.1) is 0 Å². The van der Waals surface area contributed by atoms with E-state index in [1.807, 2.05) is 0 Å². The Labute approximate surface area is 294 Å². The largest absolute Gasteiger partial charge is 0.361 e. The highest BCUT2D eigenvalue weighted by molar-refractivity contribution is 6.18. The molecule has 3 fully saturated rings. The van der Waals surface area contributed by atoms with Gasteiger partial charge in [0.1, 0.15) is 0 Å². The Kier molecular flexibility index (Phi) is 8.14. The van der Waals surface area contributed by atoms with Crippen LogP contribution in [0, 0.1) is 24.7 Å². The molecule has 4 heteroatoms. The van der Waals surface area contributed by atoms with E-state index in [0.717, 1.165) is 58.0 Å². The number of hydrogen-bond acceptors (Lipinski definition) is 2. The molecule has 3 saturated carbocycles. The van der Waals surface area contributed by atoms with Crippen molar-refractivity contribution in [2.24, 2.45) is 10.8 Å². The van der Waals surface area contributed by atoms with E-state index in [1.165, 1.54) is 83.8 Å². The number of aromatic amines is 1. The summed E-state index contributed by atoms with van der Waals surface area (Å²) in [7, 11) is 0. The van der Waals surface area contributed by atoms with Crippen molar-refractivity contribution in [1.82, 2.24) is 4.98 Å². The standard InChI is InChI=1S/C44H56ClN3/c1-12-27(7)38-29(9)33(14-25(3)4)16-36-41(38)35(18-45)21-48(36)31(11)44-22-43(23-44,24-44)30(10)47-20-32(13-2)40-37(47)17-34(15-26(5)6)42-39(40)28(8)19-46-42/h16-17,19,27,32,35,46H,3,5,10-15,18,20-24H2,1-2,4,6-9H3. The number of hydrogen-bond donors (Lipinski definition) is 1. The average Bonchev–Trinajstić information content (AvgIpc) is 3.68. The van der Waals surface area contributed by atoms with Crippen molar-refractivity contribution in [3.63, 3.8) is 0 Å². The van der Waals surface area contributed by atoms with E-state index in [0.29, 0.717) is 23.6 Å². The number of nitrogens with one attached hydrogen (secondary N) is 1. The van der Waals surface area contributed by atoms with Crippen LogP contribution in [0.25, 0.3) is 10.9 Å². The molecule has 1 aromatic heterocycles. The highest BCUT2D eigenvalue weighted by Gasteiger charge is 2.71. The third-order valence-electron chi connectivity index (χ3n) is 12.9. The van der Waals surface area contributed by atoms with E-state index < -0.39 is 0 Å². The van der Waals surface area contributed by atoms with Gasteiger partial charge in [-0.05, 0) is 130 Å². The maximum absolute atomic E-state index is 6.76. The summed E-state index contributed by atoms with van der Waals surface area (Å²) in [6.07, 6.45) is 9.68. The van der Waals surface area contributed by atoms with E-state index in [9.17, 15) is 0 Å². The first kappa shape index (κ1) is 33.3. The molecule has 8 rings (SSSR count). The lowest BCUT2D eigenvalue weighted by Gasteiger charge is -2.73. The van der Waals surface area contributed by atoms with Crippen molar-refractivity contribution < 1.29 is 0 Å². The first-order valence-electron chi connectivity index (χ1n) is 18.4. The number of nitrogens with zero attached hydrogens (tertiary/aromatic N) is 2. The molecule has 3 heterocycles. The zero-order valence-corrected chi connectivity index (χ0v) is 31.4. The Morgan fingerprint density at radius 3 is 1.96 bits per heavy atom. The van der Waals surface area contributed by atoms with Crippen molar-refractivity contribution in [1.29, 1.82) is 0 Å². The Balaban J connectivity index is 1.19. The summed E-state index contributed by atoms with van der Waals surface area (Å²) in [6, 6.07) is 4.91. The number of anilines is 2. The number of halogens is 1. The third kappa shape index (κ3) is 4.73. The van der Waals surface area contributed by atoms with Gasteiger partial charge in [-0.2, -0.15) is 0 Å². The number of rotatable bonds is 12. The van der Waals surface area contributed by atoms with Gasteiger partial charge in [0.25, 0.3) is 0 Å². The van der Waals surface area contributed by atoms with Gasteiger partial charge in [-0.3, -0.25) is 0 Å². The molecule has 0 radical (unpaired) electrons. The molecule has 1 N–H and O–H groups in total. The van der Waals surface area contributed by atoms with Gasteiger partial charge in [-0.1, -0.05) is 58.2 Å². The Bertz CT molecular complexity index is 1870. The number of allylic oxidation sites excluding steroid dienone is 4. The lowest BCUT2D eigenvalue weighted by molar-refractivity contribution is -0.149. The molecule has 0 amide bonds. The van der Waals surface area contributed by atoms with Crippen molar-refractivity contribution in [2.75, 3.05) is 28.8 Å². The first-order valence-corrected chi connectivity index (χ1v) is 18.9. The van der Waals surface area contributed by atoms with Crippen LogP contribution in [-0.4, -0.2) is 24.0 Å². The maximum Gasteiger partial charge on any atom is 0.0496 e. The van der Waals surface area contributed by atoms with Crippen molar-refractivity contribution in [3.8, 4) is 0 Å². The van der Waals surface area contributed by atoms with Gasteiger partial charge in [-0.15, -0.1) is 11.6 Å². The summed E-state index contributed by atoms with van der Waals surface area (Å²) in [6.45, 7) is 36.2. The van der Waals surface area contributed by atoms with Gasteiger partial charge in [0, 0.05) is 81.5 Å². The Morgan fingerprint density at radius 1 is 0.875 bits per heavy atom. The van der Waals surface area contributed by atoms with E-state index in [-0.39, 0.29) is 10.8 Å². The quantitative estimate of drug-likeness (QED) is 0.154. The summed E-state index contributed by atoms with van der Waals surface area (Å²) in [5.41, 5.74) is 19.4. The smallest absolute Gasteiger partial charge is 0.0496 e. The first-order chi connectivity index (χ1) is 22.8. The van der Waals surface area contributed by atoms with Crippen LogP contribution in [0.1, 0.15) is 123 Å². The minimum absolute atomic E-state index is 0.149. The van der Waals surface area contributed by atoms with Crippen LogP contribution in [0.2, 0.25) is 0 Å². The zero-order chi connectivity index (χ0) is 34.4. The molecule has 2 bridgehead atoms. The molecule has 3 unspecified atom stereocenters. The average molecular weight is 662 g/mol. The van der Waals surface area contributed by atoms with Crippen LogP contribution in [0.3, 0.4) is 0 Å². The summed E-state index contributed by atoms with van der Waals surface area (Å²) >= 11 is 6.76. The Morgan fingerprint density at radius 2 is 1.42 bits per heavy atom. The number of aromatic nitrogens is 1. The second kappa shape index (κ2) is 11.7. The van der Waals surface area contributed by atoms with Crippen molar-refractivity contribution >= 4 is 33.9 Å². The SMILES string of the molecule is C=C(C)Cc1cc2c(c(C(C)CC)c1C)C(CCl)CN2C(=C)C12CC(C(=C)N3CC(CC)c4c3cc(CC(=C)C)c3[nH]cc(C)c43)(C1)C2. The van der Waals surface area contributed by atoms with Crippen LogP contribution >= 0.6 is 11.6 Å². The van der Waals surface area contributed by atoms with Gasteiger partial charge >= 0.3 is 0 Å². The number of benzene rings is 2. The molecule has 0 saturated heterocycles. The monoisotopic (exact) mass is 661 g/mol. The number of fused-ring (bicyclic) bond motifs is 4. The zero-order valence-electron chi connectivity index (χ0n) is 30.6. The van der Waals surface area contributed by atoms with Crippen molar-refractivity contribution in [3.05, 3.63) is 106 Å². The summed E-state index contributed by atoms with van der Waals surface area (Å²) in [4.78, 5) is 8.81. The predicted octanol–water partition coefficient (Wildman–Crippen LogP) is 11.9. The fourth-order valence-electron chi connectivity index (χ4n) is 10.3. The summed E-state index contributed by atoms with van der Waals surface area (Å²) in [5, 5.41) is 1.42. The fraction of sp³-hybridized carbons (Fsp3) is 0.500. The van der Waals surface area contributed by atoms with Gasteiger partial charge in [0.15, 0.2) is 0 Å². The fourth-order valence-corrected chi connectivity index (χ4v) is 10.5. The molecule has 48 heavy (non-hydrogen) atoms. The van der Waals surface area contributed by atoms with Crippen molar-refractivity contribution in [2.45, 2.75) is 111 Å². The molecule has 3 aromatic rings. The minimum atomic E-state index is 0.149. The molecule has 5 aliphatic rings. The topological polar surface area (TPSA) is 22.3 Å². The van der Waals surface area contributed by atoms with Crippen LogP contribution in [0.4, 0.5) is 11.4 Å². The molecule has 0 spiro atoms. The van der Waals surface area contributed by atoms with Gasteiger partial charge in [-0.25, -0.2) is 0 Å². The summed E-state index contributed by atoms with van der Waals surface area (Å²) in [5.74, 6) is 1.97. The minimum Gasteiger partial charge on any atom is -0.361 e. The highest BCUT2D eigenvalue weighted by Crippen LogP contribution is 2.79. The lowest BCUT2D eigenvalue weighted by atomic mass is 9.33. The van der Waals surface area contributed by atoms with Gasteiger partial charge in [0.2, 0.25) is 0 Å². The molecule has 2 aliphatic heterocycles. The second-order valence-electron chi connectivity index (χ2n) is 16.4. The second-order valence-corrected chi connectivity index (χ2v) is 16.7. The molecule has 3 atom stereocenters. The predicted molar refractivity (Wildman–Crippen MR) is 208 cm³/mol. The molecule has 3 nitrogen and oxygen atoms in total. The molecular formula is C44H56ClN3. The molecule has 254 valence electrons. The molecule has 3 aliphatic carbocycles. The number of alkyl halides is 1. The molecule has 2 aromatic carbocycles. The maximum atomic E-state index is 6.76. The van der Waals surface area contributed by atoms with Crippen LogP contribution < -0.4 is 9.80 Å². The van der Waals surface area contributed by atoms with E-state index in [4.69, 9.17) is 24.8 Å². The lowest BCUT2D eigenvalue weighted by Crippen LogP contribution is -2.66. The van der Waals surface area contributed by atoms with Crippen LogP contribution in [-0.2, 0) is 12.8 Å². The highest BCUT2D eigenvalue weighted by atomic mass is 35.5. The number of H-pyrrole nitrogens is 1. The van der Waals surface area contributed by atoms with E-state index >= 15 is 0 Å². The van der Waals surface area contributed by atoms with E-state index in [2.05, 4.69) is 94.7 Å². The van der Waals surface area contributed by atoms with Crippen LogP contribution in [0.15, 0.2) is 67.2 Å². The molecular weight excluding hydrogens is 606 g/mol. The normalized spacial score (nSPS) is 25.8. The third-order valence-corrected chi connectivity index (χ3v) is 13.3. The Hall–Kier alpha value is -3.17. The van der Waals surface area contributed by atoms with E-state index in [1.54, 1.807) is 0 Å².